The third-order valence-electron chi connectivity index (χ3n) is 10.7. The Morgan fingerprint density at radius 1 is 1.06 bits per heavy atom. The van der Waals surface area contributed by atoms with E-state index in [9.17, 15) is 5.11 Å². The summed E-state index contributed by atoms with van der Waals surface area (Å²) in [4.78, 5) is 0. The highest BCUT2D eigenvalue weighted by molar-refractivity contribution is 6.87. The Hall–Kier alpha value is -0.653. The van der Waals surface area contributed by atoms with Crippen molar-refractivity contribution in [2.24, 2.45) is 34.5 Å². The molecule has 0 spiro atoms. The fraction of sp³-hybridized carbons (Fsp3) is 0.889. The van der Waals surface area contributed by atoms with Crippen molar-refractivity contribution in [2.45, 2.75) is 103 Å². The van der Waals surface area contributed by atoms with Crippen molar-refractivity contribution in [3.8, 4) is 0 Å². The van der Waals surface area contributed by atoms with E-state index in [0.717, 1.165) is 49.0 Å². The van der Waals surface area contributed by atoms with E-state index in [2.05, 4.69) is 44.7 Å². The summed E-state index contributed by atoms with van der Waals surface area (Å²) in [5.41, 5.74) is 1.37. The number of fused-ring (bicyclic) bond motifs is 5. The van der Waals surface area contributed by atoms with E-state index in [1.54, 1.807) is 0 Å². The molecule has 0 amide bonds. The Balaban J connectivity index is 1.42. The monoisotopic (exact) mass is 459 g/mol. The summed E-state index contributed by atoms with van der Waals surface area (Å²) in [5.74, 6) is 3.50. The number of rotatable bonds is 4. The van der Waals surface area contributed by atoms with E-state index in [-0.39, 0.29) is 5.41 Å². The van der Waals surface area contributed by atoms with Crippen LogP contribution in [0.2, 0.25) is 19.6 Å². The first-order valence-corrected chi connectivity index (χ1v) is 16.7. The summed E-state index contributed by atoms with van der Waals surface area (Å²) >= 11 is 0. The van der Waals surface area contributed by atoms with E-state index in [1.807, 2.05) is 7.11 Å². The molecule has 1 N–H and O–H groups in total. The van der Waals surface area contributed by atoms with Gasteiger partial charge in [0.1, 0.15) is 13.5 Å². The normalized spacial score (nSPS) is 46.4. The first-order chi connectivity index (χ1) is 15.0. The number of hydrogen-bond acceptors (Lipinski definition) is 4. The molecule has 0 aliphatic heterocycles. The lowest BCUT2D eigenvalue weighted by molar-refractivity contribution is -0.172. The number of aliphatic hydroxyl groups is 1. The van der Waals surface area contributed by atoms with E-state index in [1.165, 1.54) is 44.2 Å². The molecule has 4 aliphatic rings. The van der Waals surface area contributed by atoms with Gasteiger partial charge in [-0.05, 0) is 105 Å². The summed E-state index contributed by atoms with van der Waals surface area (Å²) in [5, 5.41) is 16.6. The van der Waals surface area contributed by atoms with E-state index >= 15 is 0 Å². The van der Waals surface area contributed by atoms with Crippen molar-refractivity contribution in [3.63, 3.8) is 0 Å². The highest BCUT2D eigenvalue weighted by Crippen LogP contribution is 2.69. The molecule has 5 rings (SSSR count). The molecule has 1 aromatic heterocycles. The van der Waals surface area contributed by atoms with Gasteiger partial charge in [0.15, 0.2) is 0 Å². The highest BCUT2D eigenvalue weighted by Gasteiger charge is 2.62. The van der Waals surface area contributed by atoms with Gasteiger partial charge in [-0.15, -0.1) is 0 Å². The Morgan fingerprint density at radius 3 is 2.53 bits per heavy atom. The quantitative estimate of drug-likeness (QED) is 0.585. The Morgan fingerprint density at radius 2 is 1.84 bits per heavy atom. The maximum Gasteiger partial charge on any atom is 0.127 e. The van der Waals surface area contributed by atoms with Crippen molar-refractivity contribution >= 4 is 13.5 Å². The zero-order chi connectivity index (χ0) is 22.9. The minimum absolute atomic E-state index is 0.276. The summed E-state index contributed by atoms with van der Waals surface area (Å²) in [7, 11) is 0.417. The molecule has 4 aliphatic carbocycles. The number of nitrogens with zero attached hydrogens (tertiary/aromatic N) is 1. The lowest BCUT2D eigenvalue weighted by atomic mass is 9.43. The topological polar surface area (TPSA) is 55.5 Å². The average Bonchev–Trinajstić information content (AvgIpc) is 3.32. The maximum absolute atomic E-state index is 10.8. The zero-order valence-corrected chi connectivity index (χ0v) is 22.2. The molecule has 180 valence electrons. The first-order valence-electron chi connectivity index (χ1n) is 13.2. The molecule has 1 heterocycles. The second-order valence-corrected chi connectivity index (χ2v) is 18.6. The molecule has 4 fully saturated rings. The fourth-order valence-corrected chi connectivity index (χ4v) is 9.98. The molecule has 1 aromatic rings. The van der Waals surface area contributed by atoms with E-state index in [4.69, 9.17) is 9.26 Å². The van der Waals surface area contributed by atoms with Crippen LogP contribution in [-0.2, 0) is 4.74 Å². The molecule has 5 heteroatoms. The number of hydrogen-bond donors (Lipinski definition) is 1. The van der Waals surface area contributed by atoms with E-state index in [0.29, 0.717) is 17.3 Å². The Labute approximate surface area is 195 Å². The number of methoxy groups -OCH3 is 1. The minimum Gasteiger partial charge on any atom is -0.390 e. The molecular weight excluding hydrogens is 414 g/mol. The third kappa shape index (κ3) is 3.48. The SMILES string of the molecule is COC[C@]12CC[C@@](C)(O)C[C@@H]1CC[C@H]1[C@@H]3CC[C@H](c4cc([Si](C)(C)C)on4)[C@@]3(C)CC[C@@H]12. The zero-order valence-electron chi connectivity index (χ0n) is 21.2. The molecule has 0 bridgehead atoms. The minimum atomic E-state index is -1.47. The largest absolute Gasteiger partial charge is 0.390 e. The van der Waals surface area contributed by atoms with Gasteiger partial charge in [-0.1, -0.05) is 31.7 Å². The lowest BCUT2D eigenvalue weighted by Gasteiger charge is -2.62. The summed E-state index contributed by atoms with van der Waals surface area (Å²) in [6.45, 7) is 12.5. The predicted molar refractivity (Wildman–Crippen MR) is 131 cm³/mol. The van der Waals surface area contributed by atoms with E-state index < -0.39 is 13.7 Å². The molecule has 0 radical (unpaired) electrons. The molecular formula is C27H45NO3Si. The van der Waals surface area contributed by atoms with Gasteiger partial charge >= 0.3 is 0 Å². The Bertz CT molecular complexity index is 844. The van der Waals surface area contributed by atoms with Crippen LogP contribution in [0.4, 0.5) is 0 Å². The molecule has 4 saturated carbocycles. The maximum atomic E-state index is 10.8. The van der Waals surface area contributed by atoms with Crippen molar-refractivity contribution in [1.82, 2.24) is 5.16 Å². The van der Waals surface area contributed by atoms with Crippen molar-refractivity contribution < 1.29 is 14.4 Å². The van der Waals surface area contributed by atoms with Gasteiger partial charge in [-0.25, -0.2) is 0 Å². The lowest BCUT2D eigenvalue weighted by Crippen LogP contribution is -2.58. The van der Waals surface area contributed by atoms with Crippen LogP contribution in [-0.4, -0.2) is 37.7 Å². The van der Waals surface area contributed by atoms with Crippen LogP contribution in [0.5, 0.6) is 0 Å². The van der Waals surface area contributed by atoms with Crippen LogP contribution in [0.25, 0.3) is 0 Å². The van der Waals surface area contributed by atoms with Gasteiger partial charge < -0.3 is 14.4 Å². The fourth-order valence-electron chi connectivity index (χ4n) is 9.08. The first kappa shape index (κ1) is 23.1. The van der Waals surface area contributed by atoms with Crippen LogP contribution in [0, 0.1) is 34.5 Å². The molecule has 8 atom stereocenters. The van der Waals surface area contributed by atoms with Crippen molar-refractivity contribution in [1.29, 1.82) is 0 Å². The average molecular weight is 460 g/mol. The standard InChI is InChI=1S/C27H45NO3Si/c1-25(29)13-14-27(17-30-3)18(16-25)7-8-19-20-9-10-22(26(20,2)12-11-21(19)27)23-15-24(31-28-23)32(4,5)6/h15,18-22,29H,7-14,16-17H2,1-6H3/t18-,19-,20-,21-,22+,25+,26-,27+/m0/s1. The van der Waals surface area contributed by atoms with Crippen LogP contribution in [0.3, 0.4) is 0 Å². The van der Waals surface area contributed by atoms with Gasteiger partial charge in [0.05, 0.1) is 17.9 Å². The van der Waals surface area contributed by atoms with Crippen molar-refractivity contribution in [3.05, 3.63) is 11.8 Å². The summed E-state index contributed by atoms with van der Waals surface area (Å²) in [6.07, 6.45) is 10.8. The smallest absolute Gasteiger partial charge is 0.127 e. The van der Waals surface area contributed by atoms with Crippen molar-refractivity contribution in [2.75, 3.05) is 13.7 Å². The highest BCUT2D eigenvalue weighted by atomic mass is 28.3. The van der Waals surface area contributed by atoms with Gasteiger partial charge in [0.25, 0.3) is 0 Å². The Kier molecular flexibility index (Phi) is 5.54. The third-order valence-corrected chi connectivity index (χ3v) is 12.4. The van der Waals surface area contributed by atoms with Gasteiger partial charge in [0, 0.05) is 13.0 Å². The summed E-state index contributed by atoms with van der Waals surface area (Å²) < 4.78 is 11.8. The second-order valence-electron chi connectivity index (χ2n) is 13.6. The molecule has 4 nitrogen and oxygen atoms in total. The van der Waals surface area contributed by atoms with Gasteiger partial charge in [-0.2, -0.15) is 0 Å². The molecule has 0 unspecified atom stereocenters. The van der Waals surface area contributed by atoms with Crippen LogP contribution in [0.1, 0.15) is 83.2 Å². The van der Waals surface area contributed by atoms with Crippen LogP contribution >= 0.6 is 0 Å². The van der Waals surface area contributed by atoms with Gasteiger partial charge in [-0.3, -0.25) is 0 Å². The number of aromatic nitrogens is 1. The molecule has 0 saturated heterocycles. The number of ether oxygens (including phenoxy) is 1. The second kappa shape index (κ2) is 7.68. The van der Waals surface area contributed by atoms with Gasteiger partial charge in [0.2, 0.25) is 0 Å². The van der Waals surface area contributed by atoms with Crippen LogP contribution in [0.15, 0.2) is 10.6 Å². The predicted octanol–water partition coefficient (Wildman–Crippen LogP) is 5.72. The summed E-state index contributed by atoms with van der Waals surface area (Å²) in [6, 6.07) is 2.32. The molecule has 0 aromatic carbocycles. The van der Waals surface area contributed by atoms with Crippen LogP contribution < -0.4 is 5.38 Å². The molecule has 32 heavy (non-hydrogen) atoms.